The summed E-state index contributed by atoms with van der Waals surface area (Å²) in [5.41, 5.74) is 0.421. The highest BCUT2D eigenvalue weighted by Crippen LogP contribution is 2.19. The van der Waals surface area contributed by atoms with E-state index in [2.05, 4.69) is 15.3 Å². The van der Waals surface area contributed by atoms with Crippen molar-refractivity contribution < 1.29 is 5.11 Å². The van der Waals surface area contributed by atoms with Crippen molar-refractivity contribution in [3.05, 3.63) is 39.4 Å². The number of benzene rings is 1. The molecule has 1 saturated carbocycles. The number of fused-ring (bicyclic) bond motifs is 1. The zero-order chi connectivity index (χ0) is 14.8. The fourth-order valence-corrected chi connectivity index (χ4v) is 2.99. The molecule has 1 aromatic heterocycles. The maximum absolute atomic E-state index is 12.0. The van der Waals surface area contributed by atoms with E-state index in [1.54, 1.807) is 18.2 Å². The standard InChI is InChI=1S/C15H18ClN3O2/c16-9-5-6-10-12(7-9)18-14(19-15(10)21)8-17-11-3-1-2-4-13(11)20/h5-7,11,13,17,20H,1-4,8H2,(H,18,19,21). The van der Waals surface area contributed by atoms with Crippen molar-refractivity contribution in [2.24, 2.45) is 0 Å². The number of aromatic nitrogens is 2. The Balaban J connectivity index is 1.79. The first-order valence-electron chi connectivity index (χ1n) is 7.23. The number of aliphatic hydroxyl groups is 1. The second-order valence-electron chi connectivity index (χ2n) is 5.51. The minimum absolute atomic E-state index is 0.0686. The molecule has 2 atom stereocenters. The summed E-state index contributed by atoms with van der Waals surface area (Å²) in [5.74, 6) is 0.563. The molecule has 1 aromatic carbocycles. The van der Waals surface area contributed by atoms with Gasteiger partial charge in [0.2, 0.25) is 0 Å². The summed E-state index contributed by atoms with van der Waals surface area (Å²) in [7, 11) is 0. The topological polar surface area (TPSA) is 78.0 Å². The smallest absolute Gasteiger partial charge is 0.258 e. The van der Waals surface area contributed by atoms with Crippen molar-refractivity contribution in [1.29, 1.82) is 0 Å². The van der Waals surface area contributed by atoms with Crippen LogP contribution in [0.5, 0.6) is 0 Å². The number of hydrogen-bond acceptors (Lipinski definition) is 4. The Hall–Kier alpha value is -1.43. The Morgan fingerprint density at radius 2 is 2.19 bits per heavy atom. The van der Waals surface area contributed by atoms with Crippen LogP contribution in [0.25, 0.3) is 10.9 Å². The number of H-pyrrole nitrogens is 1. The molecule has 21 heavy (non-hydrogen) atoms. The van der Waals surface area contributed by atoms with Gasteiger partial charge in [0, 0.05) is 11.1 Å². The minimum Gasteiger partial charge on any atom is -0.392 e. The van der Waals surface area contributed by atoms with Crippen molar-refractivity contribution in [2.75, 3.05) is 0 Å². The van der Waals surface area contributed by atoms with E-state index in [-0.39, 0.29) is 17.7 Å². The van der Waals surface area contributed by atoms with Gasteiger partial charge in [-0.3, -0.25) is 4.79 Å². The first-order valence-corrected chi connectivity index (χ1v) is 7.61. The molecule has 5 nitrogen and oxygen atoms in total. The van der Waals surface area contributed by atoms with Gasteiger partial charge in [0.05, 0.1) is 23.6 Å². The molecular formula is C15H18ClN3O2. The number of aromatic amines is 1. The third-order valence-corrected chi connectivity index (χ3v) is 4.21. The molecule has 6 heteroatoms. The Bertz CT molecular complexity index is 701. The number of nitrogens with zero attached hydrogens (tertiary/aromatic N) is 1. The second-order valence-corrected chi connectivity index (χ2v) is 5.95. The number of nitrogens with one attached hydrogen (secondary N) is 2. The zero-order valence-corrected chi connectivity index (χ0v) is 12.4. The molecule has 3 N–H and O–H groups in total. The Morgan fingerprint density at radius 1 is 1.38 bits per heavy atom. The molecule has 0 amide bonds. The average Bonchev–Trinajstić information content (AvgIpc) is 2.46. The lowest BCUT2D eigenvalue weighted by atomic mass is 9.92. The molecule has 112 valence electrons. The molecule has 0 bridgehead atoms. The van der Waals surface area contributed by atoms with E-state index in [0.717, 1.165) is 25.7 Å². The largest absolute Gasteiger partial charge is 0.392 e. The fourth-order valence-electron chi connectivity index (χ4n) is 2.82. The normalized spacial score (nSPS) is 22.6. The molecular weight excluding hydrogens is 290 g/mol. The van der Waals surface area contributed by atoms with Crippen molar-refractivity contribution in [2.45, 2.75) is 44.4 Å². The molecule has 0 saturated heterocycles. The Kier molecular flexibility index (Phi) is 4.24. The first kappa shape index (κ1) is 14.5. The molecule has 1 aliphatic rings. The highest BCUT2D eigenvalue weighted by molar-refractivity contribution is 6.31. The van der Waals surface area contributed by atoms with E-state index in [4.69, 9.17) is 11.6 Å². The van der Waals surface area contributed by atoms with Gasteiger partial charge in [0.15, 0.2) is 0 Å². The summed E-state index contributed by atoms with van der Waals surface area (Å²) in [6.45, 7) is 0.430. The van der Waals surface area contributed by atoms with Crippen molar-refractivity contribution in [1.82, 2.24) is 15.3 Å². The van der Waals surface area contributed by atoms with Gasteiger partial charge in [-0.15, -0.1) is 0 Å². The van der Waals surface area contributed by atoms with E-state index in [0.29, 0.717) is 28.3 Å². The molecule has 0 spiro atoms. The van der Waals surface area contributed by atoms with Crippen molar-refractivity contribution >= 4 is 22.5 Å². The van der Waals surface area contributed by atoms with Crippen LogP contribution in [0.4, 0.5) is 0 Å². The monoisotopic (exact) mass is 307 g/mol. The van der Waals surface area contributed by atoms with Crippen LogP contribution in [-0.4, -0.2) is 27.2 Å². The molecule has 1 heterocycles. The van der Waals surface area contributed by atoms with Crippen LogP contribution < -0.4 is 10.9 Å². The lowest BCUT2D eigenvalue weighted by Gasteiger charge is -2.28. The summed E-state index contributed by atoms with van der Waals surface area (Å²) < 4.78 is 0. The van der Waals surface area contributed by atoms with Gasteiger partial charge in [-0.25, -0.2) is 4.98 Å². The fraction of sp³-hybridized carbons (Fsp3) is 0.467. The quantitative estimate of drug-likeness (QED) is 0.810. The summed E-state index contributed by atoms with van der Waals surface area (Å²) in [4.78, 5) is 19.2. The second kappa shape index (κ2) is 6.13. The lowest BCUT2D eigenvalue weighted by Crippen LogP contribution is -2.42. The Morgan fingerprint density at radius 3 is 3.00 bits per heavy atom. The van der Waals surface area contributed by atoms with Gasteiger partial charge in [-0.05, 0) is 31.0 Å². The summed E-state index contributed by atoms with van der Waals surface area (Å²) in [6, 6.07) is 5.10. The predicted octanol–water partition coefficient (Wildman–Crippen LogP) is 1.97. The summed E-state index contributed by atoms with van der Waals surface area (Å²) in [5, 5.41) is 14.3. The maximum atomic E-state index is 12.0. The van der Waals surface area contributed by atoms with E-state index in [1.165, 1.54) is 0 Å². The Labute approximate surface area is 127 Å². The number of rotatable bonds is 3. The van der Waals surface area contributed by atoms with E-state index < -0.39 is 0 Å². The van der Waals surface area contributed by atoms with Crippen LogP contribution in [0, 0.1) is 0 Å². The summed E-state index contributed by atoms with van der Waals surface area (Å²) in [6.07, 6.45) is 3.65. The van der Waals surface area contributed by atoms with Crippen LogP contribution in [-0.2, 0) is 6.54 Å². The molecule has 0 aliphatic heterocycles. The third-order valence-electron chi connectivity index (χ3n) is 3.98. The van der Waals surface area contributed by atoms with Crippen LogP contribution in [0.3, 0.4) is 0 Å². The van der Waals surface area contributed by atoms with E-state index in [1.807, 2.05) is 0 Å². The molecule has 3 rings (SSSR count). The highest BCUT2D eigenvalue weighted by atomic mass is 35.5. The van der Waals surface area contributed by atoms with Crippen LogP contribution in [0.15, 0.2) is 23.0 Å². The first-order chi connectivity index (χ1) is 10.1. The molecule has 0 radical (unpaired) electrons. The van der Waals surface area contributed by atoms with Crippen LogP contribution in [0.1, 0.15) is 31.5 Å². The van der Waals surface area contributed by atoms with Crippen LogP contribution in [0.2, 0.25) is 5.02 Å². The van der Waals surface area contributed by atoms with E-state index >= 15 is 0 Å². The molecule has 1 fully saturated rings. The third kappa shape index (κ3) is 3.26. The van der Waals surface area contributed by atoms with Gasteiger partial charge in [0.1, 0.15) is 5.82 Å². The molecule has 1 aliphatic carbocycles. The lowest BCUT2D eigenvalue weighted by molar-refractivity contribution is 0.0899. The van der Waals surface area contributed by atoms with Crippen molar-refractivity contribution in [3.63, 3.8) is 0 Å². The number of halogens is 1. The van der Waals surface area contributed by atoms with Gasteiger partial charge in [0.25, 0.3) is 5.56 Å². The maximum Gasteiger partial charge on any atom is 0.258 e. The minimum atomic E-state index is -0.319. The van der Waals surface area contributed by atoms with Gasteiger partial charge in [-0.1, -0.05) is 24.4 Å². The zero-order valence-electron chi connectivity index (χ0n) is 11.6. The average molecular weight is 308 g/mol. The van der Waals surface area contributed by atoms with Gasteiger partial charge >= 0.3 is 0 Å². The number of aliphatic hydroxyl groups excluding tert-OH is 1. The molecule has 2 aromatic rings. The highest BCUT2D eigenvalue weighted by Gasteiger charge is 2.22. The van der Waals surface area contributed by atoms with Gasteiger partial charge < -0.3 is 15.4 Å². The molecule has 2 unspecified atom stereocenters. The van der Waals surface area contributed by atoms with Crippen molar-refractivity contribution in [3.8, 4) is 0 Å². The SMILES string of the molecule is O=c1[nH]c(CNC2CCCCC2O)nc2cc(Cl)ccc12. The summed E-state index contributed by atoms with van der Waals surface area (Å²) >= 11 is 5.94. The van der Waals surface area contributed by atoms with Gasteiger partial charge in [-0.2, -0.15) is 0 Å². The van der Waals surface area contributed by atoms with Crippen LogP contribution >= 0.6 is 11.6 Å². The van der Waals surface area contributed by atoms with E-state index in [9.17, 15) is 9.90 Å². The number of hydrogen-bond donors (Lipinski definition) is 3. The predicted molar refractivity (Wildman–Crippen MR) is 82.5 cm³/mol.